The molecule has 0 radical (unpaired) electrons. The zero-order chi connectivity index (χ0) is 12.3. The second-order valence-electron chi connectivity index (χ2n) is 4.25. The molecule has 1 saturated heterocycles. The Labute approximate surface area is 100 Å². The quantitative estimate of drug-likeness (QED) is 0.827. The molecule has 17 heavy (non-hydrogen) atoms. The SMILES string of the molecule is Cc1nnc(NCC(=O)N2CCCC2)nc1C. The summed E-state index contributed by atoms with van der Waals surface area (Å²) in [5.41, 5.74) is 1.64. The van der Waals surface area contributed by atoms with Crippen molar-refractivity contribution < 1.29 is 4.79 Å². The van der Waals surface area contributed by atoms with E-state index in [2.05, 4.69) is 20.5 Å². The molecule has 6 nitrogen and oxygen atoms in total. The Balaban J connectivity index is 1.88. The normalized spacial score (nSPS) is 15.1. The molecule has 2 rings (SSSR count). The van der Waals surface area contributed by atoms with Gasteiger partial charge in [0.25, 0.3) is 0 Å². The largest absolute Gasteiger partial charge is 0.344 e. The molecule has 0 aliphatic carbocycles. The lowest BCUT2D eigenvalue weighted by Crippen LogP contribution is -2.33. The van der Waals surface area contributed by atoms with Gasteiger partial charge in [-0.05, 0) is 26.7 Å². The lowest BCUT2D eigenvalue weighted by Gasteiger charge is -2.15. The van der Waals surface area contributed by atoms with Crippen LogP contribution in [0.25, 0.3) is 0 Å². The fourth-order valence-corrected chi connectivity index (χ4v) is 1.76. The third-order valence-electron chi connectivity index (χ3n) is 2.95. The first-order chi connectivity index (χ1) is 8.16. The van der Waals surface area contributed by atoms with Gasteiger partial charge in [-0.3, -0.25) is 4.79 Å². The van der Waals surface area contributed by atoms with E-state index >= 15 is 0 Å². The minimum atomic E-state index is 0.101. The molecular formula is C11H17N5O. The zero-order valence-corrected chi connectivity index (χ0v) is 10.2. The van der Waals surface area contributed by atoms with Gasteiger partial charge < -0.3 is 10.2 Å². The molecule has 1 N–H and O–H groups in total. The molecule has 1 aliphatic rings. The average molecular weight is 235 g/mol. The Hall–Kier alpha value is -1.72. The van der Waals surface area contributed by atoms with Crippen molar-refractivity contribution >= 4 is 11.9 Å². The van der Waals surface area contributed by atoms with E-state index in [9.17, 15) is 4.79 Å². The number of likely N-dealkylation sites (tertiary alicyclic amines) is 1. The molecule has 2 heterocycles. The predicted octanol–water partition coefficient (Wildman–Crippen LogP) is 0.523. The minimum Gasteiger partial charge on any atom is -0.344 e. The van der Waals surface area contributed by atoms with Crippen LogP contribution in [-0.4, -0.2) is 45.6 Å². The van der Waals surface area contributed by atoms with Crippen LogP contribution >= 0.6 is 0 Å². The third kappa shape index (κ3) is 2.89. The van der Waals surface area contributed by atoms with E-state index in [1.807, 2.05) is 18.7 Å². The standard InChI is InChI=1S/C11H17N5O/c1-8-9(2)14-15-11(13-8)12-7-10(17)16-5-3-4-6-16/h3-7H2,1-2H3,(H,12,13,15). The Kier molecular flexibility index (Phi) is 3.51. The van der Waals surface area contributed by atoms with Crippen LogP contribution in [0.2, 0.25) is 0 Å². The number of rotatable bonds is 3. The van der Waals surface area contributed by atoms with Crippen LogP contribution in [0.15, 0.2) is 0 Å². The van der Waals surface area contributed by atoms with Gasteiger partial charge in [-0.15, -0.1) is 5.10 Å². The van der Waals surface area contributed by atoms with Gasteiger partial charge in [0.15, 0.2) is 0 Å². The Bertz CT molecular complexity index is 414. The maximum Gasteiger partial charge on any atom is 0.243 e. The predicted molar refractivity (Wildman–Crippen MR) is 63.6 cm³/mol. The highest BCUT2D eigenvalue weighted by Crippen LogP contribution is 2.07. The molecule has 0 bridgehead atoms. The molecule has 0 saturated carbocycles. The molecular weight excluding hydrogens is 218 g/mol. The highest BCUT2D eigenvalue weighted by molar-refractivity contribution is 5.80. The van der Waals surface area contributed by atoms with Gasteiger partial charge in [-0.1, -0.05) is 0 Å². The summed E-state index contributed by atoms with van der Waals surface area (Å²) < 4.78 is 0. The zero-order valence-electron chi connectivity index (χ0n) is 10.2. The van der Waals surface area contributed by atoms with Gasteiger partial charge in [0.05, 0.1) is 17.9 Å². The van der Waals surface area contributed by atoms with Gasteiger partial charge >= 0.3 is 0 Å². The van der Waals surface area contributed by atoms with E-state index in [1.165, 1.54) is 0 Å². The Morgan fingerprint density at radius 1 is 1.24 bits per heavy atom. The number of amides is 1. The number of carbonyl (C=O) groups excluding carboxylic acids is 1. The van der Waals surface area contributed by atoms with Gasteiger partial charge in [0, 0.05) is 13.1 Å². The van der Waals surface area contributed by atoms with E-state index in [4.69, 9.17) is 0 Å². The lowest BCUT2D eigenvalue weighted by molar-refractivity contribution is -0.128. The number of nitrogens with one attached hydrogen (secondary N) is 1. The van der Waals surface area contributed by atoms with Crippen molar-refractivity contribution in [2.75, 3.05) is 25.0 Å². The second kappa shape index (κ2) is 5.07. The Morgan fingerprint density at radius 3 is 2.59 bits per heavy atom. The van der Waals surface area contributed by atoms with Crippen molar-refractivity contribution in [1.82, 2.24) is 20.1 Å². The summed E-state index contributed by atoms with van der Waals surface area (Å²) in [6.45, 7) is 5.70. The van der Waals surface area contributed by atoms with E-state index < -0.39 is 0 Å². The van der Waals surface area contributed by atoms with Crippen molar-refractivity contribution in [2.45, 2.75) is 26.7 Å². The number of aromatic nitrogens is 3. The monoisotopic (exact) mass is 235 g/mol. The summed E-state index contributed by atoms with van der Waals surface area (Å²) in [4.78, 5) is 17.8. The molecule has 0 aromatic carbocycles. The molecule has 6 heteroatoms. The minimum absolute atomic E-state index is 0.101. The topological polar surface area (TPSA) is 71.0 Å². The van der Waals surface area contributed by atoms with Crippen LogP contribution in [0.4, 0.5) is 5.95 Å². The first kappa shape index (κ1) is 11.8. The molecule has 1 aromatic heterocycles. The first-order valence-electron chi connectivity index (χ1n) is 5.86. The van der Waals surface area contributed by atoms with Crippen LogP contribution in [0.3, 0.4) is 0 Å². The summed E-state index contributed by atoms with van der Waals surface area (Å²) >= 11 is 0. The number of hydrogen-bond donors (Lipinski definition) is 1. The maximum atomic E-state index is 11.8. The molecule has 0 atom stereocenters. The van der Waals surface area contributed by atoms with Crippen molar-refractivity contribution in [3.63, 3.8) is 0 Å². The average Bonchev–Trinajstić information content (AvgIpc) is 2.84. The van der Waals surface area contributed by atoms with Gasteiger partial charge in [-0.2, -0.15) is 5.10 Å². The van der Waals surface area contributed by atoms with Crippen LogP contribution < -0.4 is 5.32 Å². The van der Waals surface area contributed by atoms with Crippen LogP contribution in [-0.2, 0) is 4.79 Å². The fourth-order valence-electron chi connectivity index (χ4n) is 1.76. The van der Waals surface area contributed by atoms with E-state index in [1.54, 1.807) is 0 Å². The van der Waals surface area contributed by atoms with Crippen molar-refractivity contribution in [1.29, 1.82) is 0 Å². The Morgan fingerprint density at radius 2 is 1.94 bits per heavy atom. The number of carbonyl (C=O) groups is 1. The van der Waals surface area contributed by atoms with Crippen molar-refractivity contribution in [2.24, 2.45) is 0 Å². The lowest BCUT2D eigenvalue weighted by atomic mass is 10.4. The fraction of sp³-hybridized carbons (Fsp3) is 0.636. The van der Waals surface area contributed by atoms with Gasteiger partial charge in [0.1, 0.15) is 0 Å². The molecule has 1 aromatic rings. The van der Waals surface area contributed by atoms with E-state index in [-0.39, 0.29) is 12.5 Å². The molecule has 1 aliphatic heterocycles. The van der Waals surface area contributed by atoms with Gasteiger partial charge in [-0.25, -0.2) is 4.98 Å². The molecule has 1 fully saturated rings. The maximum absolute atomic E-state index is 11.8. The molecule has 1 amide bonds. The smallest absolute Gasteiger partial charge is 0.243 e. The molecule has 92 valence electrons. The van der Waals surface area contributed by atoms with Crippen LogP contribution in [0.5, 0.6) is 0 Å². The van der Waals surface area contributed by atoms with Crippen molar-refractivity contribution in [3.05, 3.63) is 11.4 Å². The van der Waals surface area contributed by atoms with Gasteiger partial charge in [0.2, 0.25) is 11.9 Å². The third-order valence-corrected chi connectivity index (χ3v) is 2.95. The second-order valence-corrected chi connectivity index (χ2v) is 4.25. The van der Waals surface area contributed by atoms with E-state index in [0.717, 1.165) is 37.3 Å². The number of aryl methyl sites for hydroxylation is 2. The molecule has 0 unspecified atom stereocenters. The summed E-state index contributed by atoms with van der Waals surface area (Å²) in [6.07, 6.45) is 2.21. The summed E-state index contributed by atoms with van der Waals surface area (Å²) in [6, 6.07) is 0. The summed E-state index contributed by atoms with van der Waals surface area (Å²) in [5, 5.41) is 10.8. The van der Waals surface area contributed by atoms with Crippen LogP contribution in [0, 0.1) is 13.8 Å². The summed E-state index contributed by atoms with van der Waals surface area (Å²) in [5.74, 6) is 0.518. The van der Waals surface area contributed by atoms with Crippen LogP contribution in [0.1, 0.15) is 24.2 Å². The highest BCUT2D eigenvalue weighted by Gasteiger charge is 2.17. The number of nitrogens with zero attached hydrogens (tertiary/aromatic N) is 4. The van der Waals surface area contributed by atoms with Crippen molar-refractivity contribution in [3.8, 4) is 0 Å². The number of anilines is 1. The highest BCUT2D eigenvalue weighted by atomic mass is 16.2. The summed E-state index contributed by atoms with van der Waals surface area (Å²) in [7, 11) is 0. The van der Waals surface area contributed by atoms with E-state index in [0.29, 0.717) is 5.95 Å². The molecule has 0 spiro atoms. The number of hydrogen-bond acceptors (Lipinski definition) is 5. The first-order valence-corrected chi connectivity index (χ1v) is 5.86.